The van der Waals surface area contributed by atoms with Crippen LogP contribution in [0.4, 0.5) is 0 Å². The Hall–Kier alpha value is -6.90. The van der Waals surface area contributed by atoms with Gasteiger partial charge in [0.1, 0.15) is 11.5 Å². The van der Waals surface area contributed by atoms with Gasteiger partial charge >= 0.3 is 0 Å². The van der Waals surface area contributed by atoms with Gasteiger partial charge in [-0.1, -0.05) is 152 Å². The molecule has 0 unspecified atom stereocenters. The molecule has 0 aliphatic carbocycles. The van der Waals surface area contributed by atoms with Crippen molar-refractivity contribution in [2.75, 3.05) is 0 Å². The first kappa shape index (κ1) is 30.0. The van der Waals surface area contributed by atoms with Crippen LogP contribution in [-0.4, -0.2) is 4.57 Å². The summed E-state index contributed by atoms with van der Waals surface area (Å²) < 4.78 is 9.08. The fourth-order valence-electron chi connectivity index (χ4n) is 7.82. The quantitative estimate of drug-likeness (QED) is 0.179. The van der Waals surface area contributed by atoms with Crippen LogP contribution < -0.4 is 4.74 Å². The van der Waals surface area contributed by atoms with E-state index in [1.54, 1.807) is 0 Å². The van der Waals surface area contributed by atoms with Gasteiger partial charge in [0.25, 0.3) is 0 Å². The zero-order valence-corrected chi connectivity index (χ0v) is 28.4. The van der Waals surface area contributed by atoms with Crippen molar-refractivity contribution in [3.8, 4) is 39.4 Å². The van der Waals surface area contributed by atoms with Crippen LogP contribution in [0.3, 0.4) is 0 Å². The van der Waals surface area contributed by atoms with Crippen molar-refractivity contribution >= 4 is 33.0 Å². The first-order valence-corrected chi connectivity index (χ1v) is 17.8. The molecule has 1 aliphatic heterocycles. The summed E-state index contributed by atoms with van der Waals surface area (Å²) in [6, 6.07) is 71.6. The average Bonchev–Trinajstić information content (AvgIpc) is 3.55. The Bertz CT molecular complexity index is 2640. The summed E-state index contributed by atoms with van der Waals surface area (Å²) in [5, 5.41) is 2.44. The topological polar surface area (TPSA) is 14.2 Å². The Morgan fingerprint density at radius 2 is 0.846 bits per heavy atom. The van der Waals surface area contributed by atoms with Crippen molar-refractivity contribution in [3.63, 3.8) is 0 Å². The molecule has 2 nitrogen and oxygen atoms in total. The van der Waals surface area contributed by atoms with Crippen LogP contribution in [0.1, 0.15) is 22.3 Å². The van der Waals surface area contributed by atoms with Crippen molar-refractivity contribution in [1.29, 1.82) is 0 Å². The largest absolute Gasteiger partial charge is 0.456 e. The molecular formula is C50H33NO. The third-order valence-corrected chi connectivity index (χ3v) is 10.2. The third kappa shape index (κ3) is 5.04. The molecule has 0 saturated carbocycles. The van der Waals surface area contributed by atoms with Crippen molar-refractivity contribution in [3.05, 3.63) is 222 Å². The molecule has 0 radical (unpaired) electrons. The first-order chi connectivity index (χ1) is 25.8. The lowest BCUT2D eigenvalue weighted by Gasteiger charge is -2.27. The molecule has 8 aromatic carbocycles. The van der Waals surface area contributed by atoms with Crippen LogP contribution in [0.15, 0.2) is 200 Å². The van der Waals surface area contributed by atoms with E-state index < -0.39 is 0 Å². The van der Waals surface area contributed by atoms with E-state index in [-0.39, 0.29) is 0 Å². The highest BCUT2D eigenvalue weighted by Crippen LogP contribution is 2.49. The lowest BCUT2D eigenvalue weighted by molar-refractivity contribution is 0.474. The van der Waals surface area contributed by atoms with E-state index in [1.165, 1.54) is 38.6 Å². The zero-order chi connectivity index (χ0) is 34.4. The second kappa shape index (κ2) is 12.5. The predicted molar refractivity (Wildman–Crippen MR) is 216 cm³/mol. The van der Waals surface area contributed by atoms with Crippen LogP contribution in [0.25, 0.3) is 60.9 Å². The molecule has 52 heavy (non-hydrogen) atoms. The van der Waals surface area contributed by atoms with Crippen LogP contribution >= 0.6 is 0 Å². The number of hydrogen-bond donors (Lipinski definition) is 0. The molecule has 2 heterocycles. The number of rotatable bonds is 5. The Balaban J connectivity index is 1.25. The molecule has 1 aliphatic rings. The van der Waals surface area contributed by atoms with Gasteiger partial charge in [-0.15, -0.1) is 0 Å². The number of nitrogens with zero attached hydrogens (tertiary/aromatic N) is 1. The molecule has 0 bridgehead atoms. The minimum absolute atomic E-state index is 0.848. The van der Waals surface area contributed by atoms with Crippen molar-refractivity contribution in [2.45, 2.75) is 0 Å². The van der Waals surface area contributed by atoms with E-state index in [2.05, 4.69) is 199 Å². The summed E-state index contributed by atoms with van der Waals surface area (Å²) in [5.74, 6) is 1.71. The van der Waals surface area contributed by atoms with Gasteiger partial charge in [-0.2, -0.15) is 0 Å². The van der Waals surface area contributed by atoms with E-state index in [9.17, 15) is 0 Å². The predicted octanol–water partition coefficient (Wildman–Crippen LogP) is 13.2. The molecular weight excluding hydrogens is 631 g/mol. The number of benzene rings is 8. The molecule has 1 aromatic heterocycles. The van der Waals surface area contributed by atoms with Crippen LogP contribution in [0, 0.1) is 0 Å². The van der Waals surface area contributed by atoms with Crippen LogP contribution in [0.2, 0.25) is 0 Å². The van der Waals surface area contributed by atoms with Crippen LogP contribution in [0.5, 0.6) is 11.5 Å². The number of para-hydroxylation sites is 1. The Morgan fingerprint density at radius 3 is 1.40 bits per heavy atom. The molecule has 0 fully saturated rings. The summed E-state index contributed by atoms with van der Waals surface area (Å²) in [6.07, 6.45) is 0. The van der Waals surface area contributed by atoms with Crippen molar-refractivity contribution < 1.29 is 4.74 Å². The number of aromatic nitrogens is 1. The molecule has 10 rings (SSSR count). The van der Waals surface area contributed by atoms with Gasteiger partial charge in [0, 0.05) is 33.2 Å². The third-order valence-electron chi connectivity index (χ3n) is 10.2. The van der Waals surface area contributed by atoms with Gasteiger partial charge in [-0.3, -0.25) is 0 Å². The highest BCUT2D eigenvalue weighted by molar-refractivity contribution is 6.12. The van der Waals surface area contributed by atoms with Gasteiger partial charge in [0.2, 0.25) is 0 Å². The molecule has 0 N–H and O–H groups in total. The van der Waals surface area contributed by atoms with Crippen molar-refractivity contribution in [1.82, 2.24) is 4.57 Å². The fourth-order valence-corrected chi connectivity index (χ4v) is 7.82. The highest BCUT2D eigenvalue weighted by atomic mass is 16.5. The van der Waals surface area contributed by atoms with Crippen molar-refractivity contribution in [2.24, 2.45) is 0 Å². The summed E-state index contributed by atoms with van der Waals surface area (Å²) in [4.78, 5) is 0. The monoisotopic (exact) mass is 663 g/mol. The maximum Gasteiger partial charge on any atom is 0.135 e. The summed E-state index contributed by atoms with van der Waals surface area (Å²) in [5.41, 5.74) is 15.0. The lowest BCUT2D eigenvalue weighted by atomic mass is 9.84. The van der Waals surface area contributed by atoms with E-state index >= 15 is 0 Å². The second-order valence-electron chi connectivity index (χ2n) is 13.3. The molecule has 9 aromatic rings. The maximum absolute atomic E-state index is 6.66. The van der Waals surface area contributed by atoms with Gasteiger partial charge in [-0.25, -0.2) is 0 Å². The Labute approximate surface area is 303 Å². The van der Waals surface area contributed by atoms with Gasteiger partial charge in [0.05, 0.1) is 11.0 Å². The Morgan fingerprint density at radius 1 is 0.365 bits per heavy atom. The van der Waals surface area contributed by atoms with E-state index in [0.29, 0.717) is 0 Å². The summed E-state index contributed by atoms with van der Waals surface area (Å²) >= 11 is 0. The first-order valence-electron chi connectivity index (χ1n) is 17.8. The van der Waals surface area contributed by atoms with E-state index in [1.807, 2.05) is 6.07 Å². The normalized spacial score (nSPS) is 12.0. The molecule has 0 amide bonds. The van der Waals surface area contributed by atoms with Gasteiger partial charge in [-0.05, 0) is 87.5 Å². The van der Waals surface area contributed by atoms with Crippen LogP contribution in [-0.2, 0) is 0 Å². The number of hydrogen-bond acceptors (Lipinski definition) is 1. The average molecular weight is 664 g/mol. The smallest absolute Gasteiger partial charge is 0.135 e. The second-order valence-corrected chi connectivity index (χ2v) is 13.3. The van der Waals surface area contributed by atoms with Gasteiger partial charge in [0.15, 0.2) is 0 Å². The molecule has 0 spiro atoms. The zero-order valence-electron chi connectivity index (χ0n) is 28.4. The lowest BCUT2D eigenvalue weighted by Crippen LogP contribution is -2.07. The standard InChI is InChI=1S/C50H33NO/c1-5-15-34(16-6-1)38-25-28-45-42(31-38)43-32-39(35-17-7-2-8-18-35)26-29-46(43)51(45)40-27-30-48-44(33-40)50(41-23-13-14-24-47(41)52-48)49(36-19-9-3-10-20-36)37-21-11-4-12-22-37/h1-33H. The maximum atomic E-state index is 6.66. The molecule has 2 heteroatoms. The molecule has 0 saturated heterocycles. The van der Waals surface area contributed by atoms with Gasteiger partial charge < -0.3 is 9.30 Å². The highest BCUT2D eigenvalue weighted by Gasteiger charge is 2.27. The number of ether oxygens (including phenoxy) is 1. The summed E-state index contributed by atoms with van der Waals surface area (Å²) in [6.45, 7) is 0. The molecule has 0 atom stereocenters. The summed E-state index contributed by atoms with van der Waals surface area (Å²) in [7, 11) is 0. The van der Waals surface area contributed by atoms with E-state index in [4.69, 9.17) is 4.74 Å². The number of fused-ring (bicyclic) bond motifs is 5. The minimum atomic E-state index is 0.848. The SMILES string of the molecule is c1ccc(C(=C2c3ccccc3Oc3ccc(-n4c5ccc(-c6ccccc6)cc5c5cc(-c6ccccc6)ccc54)cc32)c2ccccc2)cc1. The minimum Gasteiger partial charge on any atom is -0.456 e. The molecule has 244 valence electrons. The fraction of sp³-hybridized carbons (Fsp3) is 0. The van der Waals surface area contributed by atoms with E-state index in [0.717, 1.165) is 56.0 Å². The Kier molecular flexibility index (Phi) is 7.18.